The predicted molar refractivity (Wildman–Crippen MR) is 106 cm³/mol. The van der Waals surface area contributed by atoms with E-state index in [1.54, 1.807) is 12.4 Å². The second-order valence-electron chi connectivity index (χ2n) is 6.11. The van der Waals surface area contributed by atoms with Crippen molar-refractivity contribution in [3.8, 4) is 0 Å². The molecule has 0 radical (unpaired) electrons. The van der Waals surface area contributed by atoms with E-state index < -0.39 is 0 Å². The molecule has 0 unspecified atom stereocenters. The number of anilines is 3. The Morgan fingerprint density at radius 1 is 1.00 bits per heavy atom. The molecule has 0 fully saturated rings. The third-order valence-corrected chi connectivity index (χ3v) is 3.80. The first-order chi connectivity index (χ1) is 13.2. The summed E-state index contributed by atoms with van der Waals surface area (Å²) >= 11 is 0. The molecule has 1 aromatic carbocycles. The minimum Gasteiger partial charge on any atom is -0.367 e. The van der Waals surface area contributed by atoms with Gasteiger partial charge in [0.25, 0.3) is 0 Å². The van der Waals surface area contributed by atoms with E-state index in [9.17, 15) is 4.79 Å². The SMILES string of the molecule is Cc1cccc(CC(=O)NCCNc2ccc(Nc3cccnc3)nn2)c1. The Morgan fingerprint density at radius 3 is 2.59 bits per heavy atom. The fourth-order valence-electron chi connectivity index (χ4n) is 2.54. The van der Waals surface area contributed by atoms with Crippen LogP contribution in [0.4, 0.5) is 17.3 Å². The number of aryl methyl sites for hydroxylation is 1. The number of hydrogen-bond acceptors (Lipinski definition) is 6. The number of hydrogen-bond donors (Lipinski definition) is 3. The monoisotopic (exact) mass is 362 g/mol. The zero-order valence-corrected chi connectivity index (χ0v) is 15.1. The molecule has 3 rings (SSSR count). The highest BCUT2D eigenvalue weighted by Gasteiger charge is 2.03. The van der Waals surface area contributed by atoms with Crippen LogP contribution in [0, 0.1) is 6.92 Å². The van der Waals surface area contributed by atoms with E-state index in [0.29, 0.717) is 31.1 Å². The Kier molecular flexibility index (Phi) is 6.30. The van der Waals surface area contributed by atoms with Gasteiger partial charge in [0.2, 0.25) is 5.91 Å². The molecule has 0 aliphatic rings. The van der Waals surface area contributed by atoms with Gasteiger partial charge in [0.15, 0.2) is 5.82 Å². The summed E-state index contributed by atoms with van der Waals surface area (Å²) in [5.41, 5.74) is 3.02. The lowest BCUT2D eigenvalue weighted by Crippen LogP contribution is -2.30. The van der Waals surface area contributed by atoms with Gasteiger partial charge >= 0.3 is 0 Å². The lowest BCUT2D eigenvalue weighted by molar-refractivity contribution is -0.120. The molecule has 0 saturated carbocycles. The number of nitrogens with zero attached hydrogens (tertiary/aromatic N) is 3. The lowest BCUT2D eigenvalue weighted by atomic mass is 10.1. The third-order valence-electron chi connectivity index (χ3n) is 3.80. The number of aromatic nitrogens is 3. The standard InChI is InChI=1S/C20H22N6O/c1-15-4-2-5-16(12-15)13-20(27)23-11-10-22-18-7-8-19(26-25-18)24-17-6-3-9-21-14-17/h2-9,12,14H,10-11,13H2,1H3,(H,22,25)(H,23,27)(H,24,26). The van der Waals surface area contributed by atoms with E-state index in [1.807, 2.05) is 55.5 Å². The molecule has 7 nitrogen and oxygen atoms in total. The topological polar surface area (TPSA) is 91.8 Å². The van der Waals surface area contributed by atoms with Gasteiger partial charge in [-0.1, -0.05) is 29.8 Å². The van der Waals surface area contributed by atoms with Gasteiger partial charge in [-0.05, 0) is 36.8 Å². The minimum atomic E-state index is 0.00417. The highest BCUT2D eigenvalue weighted by Crippen LogP contribution is 2.12. The Balaban J connectivity index is 1.38. The summed E-state index contributed by atoms with van der Waals surface area (Å²) in [6, 6.07) is 15.4. The molecular weight excluding hydrogens is 340 g/mol. The van der Waals surface area contributed by atoms with Crippen molar-refractivity contribution in [1.29, 1.82) is 0 Å². The molecule has 138 valence electrons. The number of carbonyl (C=O) groups is 1. The maximum absolute atomic E-state index is 12.0. The molecule has 3 aromatic rings. The number of nitrogens with one attached hydrogen (secondary N) is 3. The molecule has 0 aliphatic carbocycles. The van der Waals surface area contributed by atoms with E-state index in [0.717, 1.165) is 16.8 Å². The van der Waals surface area contributed by atoms with Crippen molar-refractivity contribution < 1.29 is 4.79 Å². The summed E-state index contributed by atoms with van der Waals surface area (Å²) < 4.78 is 0. The molecule has 0 bridgehead atoms. The van der Waals surface area contributed by atoms with Crippen LogP contribution in [0.2, 0.25) is 0 Å². The van der Waals surface area contributed by atoms with Crippen LogP contribution >= 0.6 is 0 Å². The van der Waals surface area contributed by atoms with Gasteiger partial charge in [-0.3, -0.25) is 9.78 Å². The Labute approximate surface area is 158 Å². The number of amides is 1. The summed E-state index contributed by atoms with van der Waals surface area (Å²) in [6.07, 6.45) is 3.81. The van der Waals surface area contributed by atoms with Crippen molar-refractivity contribution >= 4 is 23.2 Å². The number of pyridine rings is 1. The summed E-state index contributed by atoms with van der Waals surface area (Å²) in [7, 11) is 0. The van der Waals surface area contributed by atoms with Gasteiger partial charge in [0.05, 0.1) is 18.3 Å². The average Bonchev–Trinajstić information content (AvgIpc) is 2.67. The molecule has 0 aliphatic heterocycles. The fraction of sp³-hybridized carbons (Fsp3) is 0.200. The summed E-state index contributed by atoms with van der Waals surface area (Å²) in [4.78, 5) is 16.0. The highest BCUT2D eigenvalue weighted by molar-refractivity contribution is 5.78. The number of benzene rings is 1. The van der Waals surface area contributed by atoms with Crippen LogP contribution in [0.5, 0.6) is 0 Å². The van der Waals surface area contributed by atoms with E-state index >= 15 is 0 Å². The van der Waals surface area contributed by atoms with Gasteiger partial charge in [-0.25, -0.2) is 0 Å². The van der Waals surface area contributed by atoms with Crippen molar-refractivity contribution in [3.05, 3.63) is 72.1 Å². The van der Waals surface area contributed by atoms with E-state index in [-0.39, 0.29) is 5.91 Å². The van der Waals surface area contributed by atoms with Crippen LogP contribution in [-0.4, -0.2) is 34.2 Å². The van der Waals surface area contributed by atoms with E-state index in [2.05, 4.69) is 31.1 Å². The maximum atomic E-state index is 12.0. The fourth-order valence-corrected chi connectivity index (χ4v) is 2.54. The first-order valence-electron chi connectivity index (χ1n) is 8.76. The Morgan fingerprint density at radius 2 is 1.85 bits per heavy atom. The number of carbonyl (C=O) groups excluding carboxylic acids is 1. The van der Waals surface area contributed by atoms with Crippen molar-refractivity contribution in [2.75, 3.05) is 23.7 Å². The molecule has 3 N–H and O–H groups in total. The Hall–Kier alpha value is -3.48. The van der Waals surface area contributed by atoms with Crippen molar-refractivity contribution in [2.24, 2.45) is 0 Å². The van der Waals surface area contributed by atoms with Gasteiger partial charge in [-0.15, -0.1) is 10.2 Å². The van der Waals surface area contributed by atoms with Crippen molar-refractivity contribution in [3.63, 3.8) is 0 Å². The summed E-state index contributed by atoms with van der Waals surface area (Å²) in [5.74, 6) is 1.30. The van der Waals surface area contributed by atoms with Gasteiger partial charge in [0.1, 0.15) is 5.82 Å². The van der Waals surface area contributed by atoms with Crippen LogP contribution in [0.15, 0.2) is 60.9 Å². The molecule has 0 atom stereocenters. The largest absolute Gasteiger partial charge is 0.367 e. The van der Waals surface area contributed by atoms with Crippen LogP contribution in [-0.2, 0) is 11.2 Å². The predicted octanol–water partition coefficient (Wildman–Crippen LogP) is 2.69. The highest BCUT2D eigenvalue weighted by atomic mass is 16.1. The summed E-state index contributed by atoms with van der Waals surface area (Å²) in [6.45, 7) is 3.11. The first kappa shape index (κ1) is 18.3. The van der Waals surface area contributed by atoms with Crippen LogP contribution in [0.1, 0.15) is 11.1 Å². The second kappa shape index (κ2) is 9.28. The quantitative estimate of drug-likeness (QED) is 0.534. The normalized spacial score (nSPS) is 10.3. The van der Waals surface area contributed by atoms with Crippen LogP contribution in [0.25, 0.3) is 0 Å². The maximum Gasteiger partial charge on any atom is 0.224 e. The molecule has 2 aromatic heterocycles. The van der Waals surface area contributed by atoms with Crippen molar-refractivity contribution in [2.45, 2.75) is 13.3 Å². The van der Waals surface area contributed by atoms with Gasteiger partial charge < -0.3 is 16.0 Å². The molecule has 0 saturated heterocycles. The number of rotatable bonds is 8. The lowest BCUT2D eigenvalue weighted by Gasteiger charge is -2.08. The molecule has 7 heteroatoms. The molecular formula is C20H22N6O. The van der Waals surface area contributed by atoms with Gasteiger partial charge in [-0.2, -0.15) is 0 Å². The average molecular weight is 362 g/mol. The minimum absolute atomic E-state index is 0.00417. The van der Waals surface area contributed by atoms with E-state index in [1.165, 1.54) is 0 Å². The molecule has 1 amide bonds. The molecule has 27 heavy (non-hydrogen) atoms. The second-order valence-corrected chi connectivity index (χ2v) is 6.11. The smallest absolute Gasteiger partial charge is 0.224 e. The zero-order chi connectivity index (χ0) is 18.9. The van der Waals surface area contributed by atoms with Crippen molar-refractivity contribution in [1.82, 2.24) is 20.5 Å². The molecule has 0 spiro atoms. The first-order valence-corrected chi connectivity index (χ1v) is 8.76. The van der Waals surface area contributed by atoms with Gasteiger partial charge in [0, 0.05) is 19.3 Å². The zero-order valence-electron chi connectivity index (χ0n) is 15.1. The van der Waals surface area contributed by atoms with E-state index in [4.69, 9.17) is 0 Å². The summed E-state index contributed by atoms with van der Waals surface area (Å²) in [5, 5.41) is 17.4. The van der Waals surface area contributed by atoms with Crippen LogP contribution in [0.3, 0.4) is 0 Å². The Bertz CT molecular complexity index is 867. The third kappa shape index (κ3) is 6.07. The van der Waals surface area contributed by atoms with Crippen LogP contribution < -0.4 is 16.0 Å². The molecule has 2 heterocycles.